The lowest BCUT2D eigenvalue weighted by Crippen LogP contribution is -2.27. The maximum absolute atomic E-state index is 13.1. The third-order valence-electron chi connectivity index (χ3n) is 5.37. The molecule has 0 spiro atoms. The van der Waals surface area contributed by atoms with E-state index in [9.17, 15) is 18.4 Å². The number of hydrogen-bond donors (Lipinski definition) is 0. The van der Waals surface area contributed by atoms with Crippen LogP contribution in [-0.2, 0) is 11.3 Å². The lowest BCUT2D eigenvalue weighted by Gasteiger charge is -2.25. The van der Waals surface area contributed by atoms with Crippen LogP contribution in [0.3, 0.4) is 0 Å². The number of carbonyl (C=O) groups excluding carboxylic acids is 2. The summed E-state index contributed by atoms with van der Waals surface area (Å²) in [6, 6.07) is 3.17. The molecule has 8 heteroatoms. The van der Waals surface area contributed by atoms with E-state index in [1.807, 2.05) is 6.92 Å². The van der Waals surface area contributed by atoms with Crippen LogP contribution >= 0.6 is 0 Å². The maximum Gasteiger partial charge on any atom is 0.272 e. The summed E-state index contributed by atoms with van der Waals surface area (Å²) in [6.07, 6.45) is 2.67. The maximum atomic E-state index is 13.1. The zero-order chi connectivity index (χ0) is 22.7. The molecule has 0 bridgehead atoms. The van der Waals surface area contributed by atoms with Gasteiger partial charge in [0.15, 0.2) is 12.4 Å². The standard InChI is InChI=1S/C23H25F2N3O3/c1-5-20(29)13(2)9-19-18-11-28(23(30)17(18)6-7-26-19)15(4)16-8-14(3)22(27-10-16)31-12-21(24)25/h6-10,15,21H,5,11-12H2,1-4H3/b13-9-. The molecule has 1 amide bonds. The average Bonchev–Trinajstić information content (AvgIpc) is 3.09. The molecule has 164 valence electrons. The van der Waals surface area contributed by atoms with E-state index in [4.69, 9.17) is 4.74 Å². The zero-order valence-corrected chi connectivity index (χ0v) is 18.0. The molecule has 2 aromatic rings. The number of hydrogen-bond acceptors (Lipinski definition) is 5. The number of amides is 1. The van der Waals surface area contributed by atoms with E-state index in [1.54, 1.807) is 50.1 Å². The van der Waals surface area contributed by atoms with Crippen molar-refractivity contribution in [3.8, 4) is 5.88 Å². The number of nitrogens with zero attached hydrogens (tertiary/aromatic N) is 3. The highest BCUT2D eigenvalue weighted by Gasteiger charge is 2.33. The molecule has 0 saturated carbocycles. The molecular formula is C23H25F2N3O3. The number of rotatable bonds is 8. The van der Waals surface area contributed by atoms with Gasteiger partial charge in [-0.05, 0) is 50.1 Å². The van der Waals surface area contributed by atoms with Crippen LogP contribution in [0, 0.1) is 6.92 Å². The van der Waals surface area contributed by atoms with Crippen LogP contribution in [-0.4, -0.2) is 39.6 Å². The number of fused-ring (bicyclic) bond motifs is 1. The van der Waals surface area contributed by atoms with Crippen molar-refractivity contribution in [3.63, 3.8) is 0 Å². The van der Waals surface area contributed by atoms with Gasteiger partial charge in [-0.1, -0.05) is 6.92 Å². The fourth-order valence-electron chi connectivity index (χ4n) is 3.56. The van der Waals surface area contributed by atoms with Crippen molar-refractivity contribution >= 4 is 17.8 Å². The molecule has 0 aromatic carbocycles. The number of alkyl halides is 2. The number of carbonyl (C=O) groups is 2. The summed E-state index contributed by atoms with van der Waals surface area (Å²) in [4.78, 5) is 35.2. The largest absolute Gasteiger partial charge is 0.471 e. The SMILES string of the molecule is CCC(=O)/C(C)=C\c1nccc2c1CN(C(C)c1cnc(OCC(F)F)c(C)c1)C2=O. The van der Waals surface area contributed by atoms with Crippen molar-refractivity contribution in [2.75, 3.05) is 6.61 Å². The van der Waals surface area contributed by atoms with Crippen LogP contribution in [0.4, 0.5) is 8.78 Å². The molecule has 0 aliphatic carbocycles. The molecule has 1 aliphatic heterocycles. The van der Waals surface area contributed by atoms with Gasteiger partial charge in [-0.2, -0.15) is 0 Å². The molecule has 1 aliphatic rings. The highest BCUT2D eigenvalue weighted by atomic mass is 19.3. The van der Waals surface area contributed by atoms with Gasteiger partial charge in [-0.3, -0.25) is 14.6 Å². The first kappa shape index (κ1) is 22.5. The summed E-state index contributed by atoms with van der Waals surface area (Å²) in [5, 5.41) is 0. The molecule has 2 aromatic heterocycles. The van der Waals surface area contributed by atoms with Crippen LogP contribution in [0.2, 0.25) is 0 Å². The molecule has 0 saturated heterocycles. The minimum absolute atomic E-state index is 0.0321. The first-order chi connectivity index (χ1) is 14.7. The van der Waals surface area contributed by atoms with Gasteiger partial charge >= 0.3 is 0 Å². The molecule has 6 nitrogen and oxygen atoms in total. The minimum Gasteiger partial charge on any atom is -0.471 e. The fraction of sp³-hybridized carbons (Fsp3) is 0.391. The van der Waals surface area contributed by atoms with Crippen molar-refractivity contribution in [2.45, 2.75) is 53.1 Å². The quantitative estimate of drug-likeness (QED) is 0.577. The van der Waals surface area contributed by atoms with Crippen molar-refractivity contribution < 1.29 is 23.1 Å². The van der Waals surface area contributed by atoms with Gasteiger partial charge in [0.05, 0.1) is 11.7 Å². The Bertz CT molecular complexity index is 1040. The Morgan fingerprint density at radius 3 is 2.74 bits per heavy atom. The van der Waals surface area contributed by atoms with E-state index in [0.717, 1.165) is 11.1 Å². The van der Waals surface area contributed by atoms with E-state index in [1.165, 1.54) is 6.20 Å². The third-order valence-corrected chi connectivity index (χ3v) is 5.37. The van der Waals surface area contributed by atoms with Crippen LogP contribution in [0.25, 0.3) is 6.08 Å². The first-order valence-corrected chi connectivity index (χ1v) is 10.1. The Morgan fingerprint density at radius 1 is 1.35 bits per heavy atom. The number of allylic oxidation sites excluding steroid dienone is 1. The van der Waals surface area contributed by atoms with Crippen molar-refractivity contribution in [3.05, 3.63) is 58.0 Å². The fourth-order valence-corrected chi connectivity index (χ4v) is 3.56. The molecule has 0 N–H and O–H groups in total. The van der Waals surface area contributed by atoms with E-state index < -0.39 is 13.0 Å². The molecule has 31 heavy (non-hydrogen) atoms. The normalized spacial score (nSPS) is 14.7. The van der Waals surface area contributed by atoms with Gasteiger partial charge < -0.3 is 9.64 Å². The number of aryl methyl sites for hydroxylation is 1. The van der Waals surface area contributed by atoms with Crippen molar-refractivity contribution in [1.82, 2.24) is 14.9 Å². The number of ketones is 1. The third kappa shape index (κ3) is 4.78. The molecular weight excluding hydrogens is 404 g/mol. The van der Waals surface area contributed by atoms with Gasteiger partial charge in [0.2, 0.25) is 5.88 Å². The number of pyridine rings is 2. The van der Waals surface area contributed by atoms with Crippen LogP contribution < -0.4 is 4.74 Å². The number of Topliss-reactive ketones (excluding diaryl/α,β-unsaturated/α-hetero) is 1. The summed E-state index contributed by atoms with van der Waals surface area (Å²) in [7, 11) is 0. The number of ether oxygens (including phenoxy) is 1. The van der Waals surface area contributed by atoms with Crippen molar-refractivity contribution in [2.24, 2.45) is 0 Å². The second-order valence-electron chi connectivity index (χ2n) is 7.53. The van der Waals surface area contributed by atoms with Crippen LogP contribution in [0.5, 0.6) is 5.88 Å². The molecule has 1 atom stereocenters. The lowest BCUT2D eigenvalue weighted by molar-refractivity contribution is -0.115. The molecule has 3 heterocycles. The van der Waals surface area contributed by atoms with E-state index in [-0.39, 0.29) is 23.6 Å². The van der Waals surface area contributed by atoms with Gasteiger partial charge in [-0.15, -0.1) is 0 Å². The molecule has 0 fully saturated rings. The monoisotopic (exact) mass is 429 g/mol. The van der Waals surface area contributed by atoms with Crippen LogP contribution in [0.15, 0.2) is 30.1 Å². The topological polar surface area (TPSA) is 72.4 Å². The van der Waals surface area contributed by atoms with Gasteiger partial charge in [0.1, 0.15) is 0 Å². The van der Waals surface area contributed by atoms with Gasteiger partial charge in [-0.25, -0.2) is 13.8 Å². The van der Waals surface area contributed by atoms with E-state index in [2.05, 4.69) is 9.97 Å². The molecule has 0 radical (unpaired) electrons. The minimum atomic E-state index is -2.58. The summed E-state index contributed by atoms with van der Waals surface area (Å²) < 4.78 is 29.8. The highest BCUT2D eigenvalue weighted by Crippen LogP contribution is 2.33. The number of aromatic nitrogens is 2. The molecule has 3 rings (SSSR count). The second-order valence-corrected chi connectivity index (χ2v) is 7.53. The Morgan fingerprint density at radius 2 is 2.10 bits per heavy atom. The summed E-state index contributed by atoms with van der Waals surface area (Å²) >= 11 is 0. The van der Waals surface area contributed by atoms with Gasteiger partial charge in [0.25, 0.3) is 12.3 Å². The highest BCUT2D eigenvalue weighted by molar-refractivity contribution is 6.01. The Labute approximate surface area is 180 Å². The summed E-state index contributed by atoms with van der Waals surface area (Å²) in [5.41, 5.74) is 3.95. The predicted molar refractivity (Wildman–Crippen MR) is 112 cm³/mol. The van der Waals surface area contributed by atoms with E-state index >= 15 is 0 Å². The Balaban J connectivity index is 1.84. The van der Waals surface area contributed by atoms with Crippen LogP contribution in [0.1, 0.15) is 66.0 Å². The Kier molecular flexibility index (Phi) is 6.77. The zero-order valence-electron chi connectivity index (χ0n) is 18.0. The number of halogens is 2. The lowest BCUT2D eigenvalue weighted by atomic mass is 10.0. The molecule has 1 unspecified atom stereocenters. The van der Waals surface area contributed by atoms with Crippen molar-refractivity contribution in [1.29, 1.82) is 0 Å². The predicted octanol–water partition coefficient (Wildman–Crippen LogP) is 4.53. The summed E-state index contributed by atoms with van der Waals surface area (Å²) in [6.45, 7) is 6.79. The van der Waals surface area contributed by atoms with Gasteiger partial charge in [0, 0.05) is 42.0 Å². The average molecular weight is 429 g/mol. The summed E-state index contributed by atoms with van der Waals surface area (Å²) in [5.74, 6) is 0.0549. The Hall–Kier alpha value is -3.16. The smallest absolute Gasteiger partial charge is 0.272 e. The van der Waals surface area contributed by atoms with E-state index in [0.29, 0.717) is 35.4 Å². The second kappa shape index (κ2) is 9.32. The first-order valence-electron chi connectivity index (χ1n) is 10.1.